The fourth-order valence-corrected chi connectivity index (χ4v) is 2.77. The lowest BCUT2D eigenvalue weighted by molar-refractivity contribution is 0.102. The minimum atomic E-state index is -0.202. The highest BCUT2D eigenvalue weighted by Gasteiger charge is 2.21. The Hall–Kier alpha value is -2.50. The van der Waals surface area contributed by atoms with Gasteiger partial charge in [0.1, 0.15) is 0 Å². The average Bonchev–Trinajstić information content (AvgIpc) is 2.98. The Morgan fingerprint density at radius 2 is 1.95 bits per heavy atom. The van der Waals surface area contributed by atoms with E-state index in [-0.39, 0.29) is 5.91 Å². The lowest BCUT2D eigenvalue weighted by atomic mass is 9.96. The van der Waals surface area contributed by atoms with Gasteiger partial charge in [0.05, 0.1) is 14.2 Å². The van der Waals surface area contributed by atoms with Crippen LogP contribution in [0.1, 0.15) is 34.6 Å². The number of ether oxygens (including phenoxy) is 2. The van der Waals surface area contributed by atoms with Crippen LogP contribution >= 0.6 is 0 Å². The molecule has 1 aliphatic rings. The van der Waals surface area contributed by atoms with Gasteiger partial charge in [0.15, 0.2) is 17.2 Å². The Labute approximate surface area is 128 Å². The van der Waals surface area contributed by atoms with Crippen LogP contribution in [0.2, 0.25) is 0 Å². The third-order valence-corrected chi connectivity index (χ3v) is 3.91. The molecule has 2 aromatic rings. The van der Waals surface area contributed by atoms with Crippen LogP contribution in [0.3, 0.4) is 0 Å². The molecule has 1 aromatic carbocycles. The zero-order chi connectivity index (χ0) is 15.5. The van der Waals surface area contributed by atoms with E-state index in [1.165, 1.54) is 0 Å². The van der Waals surface area contributed by atoms with Crippen LogP contribution < -0.4 is 14.8 Å². The summed E-state index contributed by atoms with van der Waals surface area (Å²) in [4.78, 5) is 12.4. The second-order valence-corrected chi connectivity index (χ2v) is 5.26. The fourth-order valence-electron chi connectivity index (χ4n) is 2.77. The number of amides is 1. The van der Waals surface area contributed by atoms with Crippen LogP contribution in [0.5, 0.6) is 11.5 Å². The summed E-state index contributed by atoms with van der Waals surface area (Å²) in [7, 11) is 3.14. The minimum Gasteiger partial charge on any atom is -0.493 e. The first kappa shape index (κ1) is 14.4. The van der Waals surface area contributed by atoms with Gasteiger partial charge in [0.2, 0.25) is 0 Å². The van der Waals surface area contributed by atoms with Gasteiger partial charge >= 0.3 is 0 Å². The van der Waals surface area contributed by atoms with E-state index in [0.717, 1.165) is 36.9 Å². The molecule has 2 N–H and O–H groups in total. The molecule has 1 aromatic heterocycles. The molecule has 0 spiro atoms. The van der Waals surface area contributed by atoms with Crippen molar-refractivity contribution in [3.05, 3.63) is 35.2 Å². The highest BCUT2D eigenvalue weighted by Crippen LogP contribution is 2.30. The molecule has 6 nitrogen and oxygen atoms in total. The Kier molecular flexibility index (Phi) is 4.00. The highest BCUT2D eigenvalue weighted by atomic mass is 16.5. The summed E-state index contributed by atoms with van der Waals surface area (Å²) in [6.45, 7) is 0. The number of aromatic amines is 1. The molecule has 116 valence electrons. The molecule has 1 heterocycles. The molecule has 0 saturated heterocycles. The number of nitrogens with zero attached hydrogens (tertiary/aromatic N) is 1. The molecule has 0 radical (unpaired) electrons. The van der Waals surface area contributed by atoms with Gasteiger partial charge in [-0.3, -0.25) is 9.89 Å². The van der Waals surface area contributed by atoms with Gasteiger partial charge in [0, 0.05) is 23.0 Å². The van der Waals surface area contributed by atoms with E-state index in [2.05, 4.69) is 15.5 Å². The molecular weight excluding hydrogens is 282 g/mol. The highest BCUT2D eigenvalue weighted by molar-refractivity contribution is 6.04. The van der Waals surface area contributed by atoms with Crippen molar-refractivity contribution in [3.63, 3.8) is 0 Å². The van der Waals surface area contributed by atoms with E-state index in [1.54, 1.807) is 32.4 Å². The van der Waals surface area contributed by atoms with E-state index in [4.69, 9.17) is 9.47 Å². The second kappa shape index (κ2) is 6.09. The molecule has 0 saturated carbocycles. The fraction of sp³-hybridized carbons (Fsp3) is 0.375. The largest absolute Gasteiger partial charge is 0.493 e. The molecule has 0 unspecified atom stereocenters. The van der Waals surface area contributed by atoms with Gasteiger partial charge in [-0.05, 0) is 37.8 Å². The molecule has 6 heteroatoms. The maximum atomic E-state index is 12.4. The number of methoxy groups -OCH3 is 2. The lowest BCUT2D eigenvalue weighted by Crippen LogP contribution is -2.15. The van der Waals surface area contributed by atoms with Crippen LogP contribution in [-0.2, 0) is 12.8 Å². The molecule has 0 fully saturated rings. The SMILES string of the molecule is COc1ccc(NC(=O)c2n[nH]c3c2CCCC3)cc1OC. The number of hydrogen-bond donors (Lipinski definition) is 2. The predicted octanol–water partition coefficient (Wildman–Crippen LogP) is 2.56. The van der Waals surface area contributed by atoms with Crippen LogP contribution in [-0.4, -0.2) is 30.3 Å². The summed E-state index contributed by atoms with van der Waals surface area (Å²) >= 11 is 0. The second-order valence-electron chi connectivity index (χ2n) is 5.26. The summed E-state index contributed by atoms with van der Waals surface area (Å²) < 4.78 is 10.4. The summed E-state index contributed by atoms with van der Waals surface area (Å²) in [5.74, 6) is 0.994. The van der Waals surface area contributed by atoms with Gasteiger partial charge in [0.25, 0.3) is 5.91 Å². The molecule has 0 aliphatic heterocycles. The smallest absolute Gasteiger partial charge is 0.276 e. The van der Waals surface area contributed by atoms with Crippen molar-refractivity contribution < 1.29 is 14.3 Å². The normalized spacial score (nSPS) is 13.4. The van der Waals surface area contributed by atoms with E-state index >= 15 is 0 Å². The van der Waals surface area contributed by atoms with Crippen molar-refractivity contribution in [2.24, 2.45) is 0 Å². The number of rotatable bonds is 4. The first-order valence-corrected chi connectivity index (χ1v) is 7.32. The molecule has 22 heavy (non-hydrogen) atoms. The number of fused-ring (bicyclic) bond motifs is 1. The lowest BCUT2D eigenvalue weighted by Gasteiger charge is -2.12. The zero-order valence-electron chi connectivity index (χ0n) is 12.7. The number of carbonyl (C=O) groups excluding carboxylic acids is 1. The van der Waals surface area contributed by atoms with Crippen molar-refractivity contribution in [2.45, 2.75) is 25.7 Å². The number of aromatic nitrogens is 2. The van der Waals surface area contributed by atoms with E-state index in [9.17, 15) is 4.79 Å². The third kappa shape index (κ3) is 2.64. The molecule has 1 aliphatic carbocycles. The maximum Gasteiger partial charge on any atom is 0.276 e. The summed E-state index contributed by atoms with van der Waals surface area (Å²) in [5, 5.41) is 10.0. The van der Waals surface area contributed by atoms with Crippen molar-refractivity contribution in [1.29, 1.82) is 0 Å². The number of hydrogen-bond acceptors (Lipinski definition) is 4. The standard InChI is InChI=1S/C16H19N3O3/c1-21-13-8-7-10(9-14(13)22-2)17-16(20)15-11-5-3-4-6-12(11)18-19-15/h7-9H,3-6H2,1-2H3,(H,17,20)(H,18,19). The van der Waals surface area contributed by atoms with Crippen LogP contribution in [0, 0.1) is 0 Å². The zero-order valence-corrected chi connectivity index (χ0v) is 12.7. The molecule has 0 bridgehead atoms. The van der Waals surface area contributed by atoms with Gasteiger partial charge < -0.3 is 14.8 Å². The maximum absolute atomic E-state index is 12.4. The predicted molar refractivity (Wildman–Crippen MR) is 82.7 cm³/mol. The summed E-state index contributed by atoms with van der Waals surface area (Å²) in [6, 6.07) is 5.27. The van der Waals surface area contributed by atoms with E-state index in [0.29, 0.717) is 22.9 Å². The van der Waals surface area contributed by atoms with Crippen LogP contribution in [0.4, 0.5) is 5.69 Å². The Morgan fingerprint density at radius 1 is 1.18 bits per heavy atom. The van der Waals surface area contributed by atoms with Crippen molar-refractivity contribution in [3.8, 4) is 11.5 Å². The molecular formula is C16H19N3O3. The summed E-state index contributed by atoms with van der Waals surface area (Å²) in [6.07, 6.45) is 4.11. The average molecular weight is 301 g/mol. The molecule has 1 amide bonds. The third-order valence-electron chi connectivity index (χ3n) is 3.91. The van der Waals surface area contributed by atoms with E-state index < -0.39 is 0 Å². The Balaban J connectivity index is 1.81. The van der Waals surface area contributed by atoms with Gasteiger partial charge in [-0.15, -0.1) is 0 Å². The van der Waals surface area contributed by atoms with Crippen molar-refractivity contribution in [1.82, 2.24) is 10.2 Å². The van der Waals surface area contributed by atoms with Gasteiger partial charge in [-0.25, -0.2) is 0 Å². The number of nitrogens with one attached hydrogen (secondary N) is 2. The molecule has 0 atom stereocenters. The quantitative estimate of drug-likeness (QED) is 0.910. The number of benzene rings is 1. The van der Waals surface area contributed by atoms with Crippen LogP contribution in [0.25, 0.3) is 0 Å². The van der Waals surface area contributed by atoms with Crippen molar-refractivity contribution >= 4 is 11.6 Å². The number of aryl methyl sites for hydroxylation is 1. The van der Waals surface area contributed by atoms with Gasteiger partial charge in [-0.2, -0.15) is 5.10 Å². The van der Waals surface area contributed by atoms with E-state index in [1.807, 2.05) is 0 Å². The first-order valence-electron chi connectivity index (χ1n) is 7.32. The monoisotopic (exact) mass is 301 g/mol. The molecule has 3 rings (SSSR count). The van der Waals surface area contributed by atoms with Gasteiger partial charge in [-0.1, -0.05) is 0 Å². The first-order chi connectivity index (χ1) is 10.7. The topological polar surface area (TPSA) is 76.2 Å². The number of H-pyrrole nitrogens is 1. The Bertz CT molecular complexity index is 694. The summed E-state index contributed by atoms with van der Waals surface area (Å²) in [5.41, 5.74) is 3.27. The minimum absolute atomic E-state index is 0.202. The Morgan fingerprint density at radius 3 is 2.73 bits per heavy atom. The number of anilines is 1. The number of carbonyl (C=O) groups is 1. The van der Waals surface area contributed by atoms with Crippen LogP contribution in [0.15, 0.2) is 18.2 Å². The van der Waals surface area contributed by atoms with Crippen molar-refractivity contribution in [2.75, 3.05) is 19.5 Å².